The maximum atomic E-state index is 14.7. The molecule has 1 aliphatic carbocycles. The van der Waals surface area contributed by atoms with Gasteiger partial charge in [-0.25, -0.2) is 13.4 Å². The van der Waals surface area contributed by atoms with Crippen LogP contribution < -0.4 is 5.32 Å². The van der Waals surface area contributed by atoms with Crippen molar-refractivity contribution < 1.29 is 13.2 Å². The summed E-state index contributed by atoms with van der Waals surface area (Å²) in [5.74, 6) is -0.186. The number of rotatable bonds is 8. The van der Waals surface area contributed by atoms with Crippen molar-refractivity contribution in [3.63, 3.8) is 0 Å². The number of carbonyl (C=O) groups is 1. The van der Waals surface area contributed by atoms with Gasteiger partial charge in [0.25, 0.3) is 5.91 Å². The van der Waals surface area contributed by atoms with Crippen LogP contribution in [0.1, 0.15) is 66.4 Å². The average Bonchev–Trinajstić information content (AvgIpc) is 3.85. The molecule has 3 heterocycles. The van der Waals surface area contributed by atoms with Crippen LogP contribution in [0.5, 0.6) is 0 Å². The van der Waals surface area contributed by atoms with Crippen molar-refractivity contribution in [2.45, 2.75) is 68.0 Å². The molecule has 0 atom stereocenters. The minimum absolute atomic E-state index is 0.184. The number of pyridine rings is 1. The number of benzene rings is 3. The molecule has 1 saturated carbocycles. The van der Waals surface area contributed by atoms with Crippen LogP contribution in [0.25, 0.3) is 22.2 Å². The fourth-order valence-corrected chi connectivity index (χ4v) is 8.44. The molecular formula is C37H41BrN4O3S. The van der Waals surface area contributed by atoms with E-state index < -0.39 is 15.4 Å². The number of piperidine rings is 2. The fraction of sp³-hybridized carbons (Fsp3) is 0.405. The largest absolute Gasteiger partial charge is 0.342 e. The molecule has 7 nitrogen and oxygen atoms in total. The van der Waals surface area contributed by atoms with Crippen molar-refractivity contribution in [1.82, 2.24) is 20.1 Å². The van der Waals surface area contributed by atoms with Gasteiger partial charge in [0.1, 0.15) is 0 Å². The molecule has 240 valence electrons. The Morgan fingerprint density at radius 3 is 2.35 bits per heavy atom. The summed E-state index contributed by atoms with van der Waals surface area (Å²) in [6.07, 6.45) is 9.04. The molecule has 0 bridgehead atoms. The Kier molecular flexibility index (Phi) is 8.78. The van der Waals surface area contributed by atoms with Gasteiger partial charge in [-0.1, -0.05) is 64.8 Å². The van der Waals surface area contributed by atoms with E-state index in [1.807, 2.05) is 42.5 Å². The lowest BCUT2D eigenvalue weighted by Crippen LogP contribution is -2.46. The summed E-state index contributed by atoms with van der Waals surface area (Å²) >= 11 is 3.64. The van der Waals surface area contributed by atoms with Gasteiger partial charge >= 0.3 is 0 Å². The second kappa shape index (κ2) is 12.8. The van der Waals surface area contributed by atoms with Gasteiger partial charge in [0, 0.05) is 39.8 Å². The normalized spacial score (nSPS) is 19.3. The van der Waals surface area contributed by atoms with E-state index in [2.05, 4.69) is 43.2 Å². The highest BCUT2D eigenvalue weighted by Gasteiger charge is 2.46. The summed E-state index contributed by atoms with van der Waals surface area (Å²) in [6.45, 7) is 4.83. The van der Waals surface area contributed by atoms with Crippen LogP contribution in [-0.2, 0) is 21.9 Å². The molecule has 2 aliphatic heterocycles. The summed E-state index contributed by atoms with van der Waals surface area (Å²) in [6, 6.07) is 23.8. The van der Waals surface area contributed by atoms with Crippen LogP contribution in [0.15, 0.2) is 82.2 Å². The number of halogens is 1. The molecule has 3 aliphatic rings. The second-order valence-corrected chi connectivity index (χ2v) is 16.2. The first kappa shape index (κ1) is 31.5. The van der Waals surface area contributed by atoms with Crippen molar-refractivity contribution in [1.29, 1.82) is 0 Å². The van der Waals surface area contributed by atoms with Crippen molar-refractivity contribution in [2.24, 2.45) is 0 Å². The monoisotopic (exact) mass is 700 g/mol. The molecule has 9 heteroatoms. The highest BCUT2D eigenvalue weighted by molar-refractivity contribution is 9.10. The topological polar surface area (TPSA) is 82.6 Å². The van der Waals surface area contributed by atoms with Gasteiger partial charge in [-0.2, -0.15) is 0 Å². The molecule has 7 rings (SSSR count). The Morgan fingerprint density at radius 2 is 1.67 bits per heavy atom. The number of sulfone groups is 1. The van der Waals surface area contributed by atoms with Crippen LogP contribution in [0.4, 0.5) is 0 Å². The van der Waals surface area contributed by atoms with E-state index in [-0.39, 0.29) is 10.8 Å². The zero-order valence-corrected chi connectivity index (χ0v) is 28.7. The summed E-state index contributed by atoms with van der Waals surface area (Å²) in [7, 11) is -3.51. The Balaban J connectivity index is 1.34. The smallest absolute Gasteiger partial charge is 0.253 e. The number of hydrogen-bond acceptors (Lipinski definition) is 6. The molecule has 0 unspecified atom stereocenters. The maximum absolute atomic E-state index is 14.7. The van der Waals surface area contributed by atoms with Crippen molar-refractivity contribution in [3.8, 4) is 11.3 Å². The first-order valence-electron chi connectivity index (χ1n) is 16.5. The lowest BCUT2D eigenvalue weighted by atomic mass is 9.93. The predicted molar refractivity (Wildman–Crippen MR) is 187 cm³/mol. The molecule has 0 spiro atoms. The Labute approximate surface area is 280 Å². The van der Waals surface area contributed by atoms with Crippen molar-refractivity contribution in [2.75, 3.05) is 32.4 Å². The second-order valence-electron chi connectivity index (χ2n) is 13.3. The number of nitrogens with zero attached hydrogens (tertiary/aromatic N) is 3. The minimum Gasteiger partial charge on any atom is -0.342 e. The van der Waals surface area contributed by atoms with Gasteiger partial charge in [-0.3, -0.25) is 9.69 Å². The average molecular weight is 702 g/mol. The van der Waals surface area contributed by atoms with Crippen LogP contribution >= 0.6 is 15.9 Å². The Hall–Kier alpha value is -3.11. The molecule has 4 aromatic rings. The number of nitrogens with one attached hydrogen (secondary N) is 1. The third kappa shape index (κ3) is 6.52. The Bertz CT molecular complexity index is 1860. The van der Waals surface area contributed by atoms with Gasteiger partial charge in [-0.05, 0) is 101 Å². The number of amides is 1. The summed E-state index contributed by atoms with van der Waals surface area (Å²) in [4.78, 5) is 25.2. The van der Waals surface area contributed by atoms with E-state index in [1.54, 1.807) is 18.2 Å². The van der Waals surface area contributed by atoms with E-state index >= 15 is 0 Å². The predicted octanol–water partition coefficient (Wildman–Crippen LogP) is 6.94. The molecule has 46 heavy (non-hydrogen) atoms. The third-order valence-electron chi connectivity index (χ3n) is 10.1. The van der Waals surface area contributed by atoms with E-state index in [1.165, 1.54) is 38.6 Å². The maximum Gasteiger partial charge on any atom is 0.253 e. The molecule has 1 aromatic heterocycles. The van der Waals surface area contributed by atoms with E-state index in [9.17, 15) is 13.2 Å². The number of carbonyl (C=O) groups excluding carboxylic acids is 1. The van der Waals surface area contributed by atoms with E-state index in [0.29, 0.717) is 29.1 Å². The van der Waals surface area contributed by atoms with E-state index in [4.69, 9.17) is 4.98 Å². The number of aromatic nitrogens is 1. The highest BCUT2D eigenvalue weighted by atomic mass is 79.9. The highest BCUT2D eigenvalue weighted by Crippen LogP contribution is 2.46. The standard InChI is InChI=1S/C37H41BrN4O3S/c1-46(44,45)30-13-14-33-31(24-30)34(36(43)40-37(17-18-37)27-10-4-2-5-11-27)32(35(39-33)26-9-8-12-28(38)23-26)25-41-21-15-29(16-22-41)42-19-6-3-7-20-42/h2,4-5,8-14,23-24,29H,3,6-7,15-22,25H2,1H3,(H,40,43). The van der Waals surface area contributed by atoms with Crippen LogP contribution in [0, 0.1) is 0 Å². The molecule has 1 amide bonds. The van der Waals surface area contributed by atoms with Crippen molar-refractivity contribution >= 4 is 42.6 Å². The molecular weight excluding hydrogens is 660 g/mol. The number of likely N-dealkylation sites (tertiary alicyclic amines) is 2. The molecule has 3 fully saturated rings. The van der Waals surface area contributed by atoms with Crippen LogP contribution in [0.2, 0.25) is 0 Å². The molecule has 3 aromatic carbocycles. The van der Waals surface area contributed by atoms with Crippen LogP contribution in [-0.4, -0.2) is 67.6 Å². The Morgan fingerprint density at radius 1 is 0.935 bits per heavy atom. The van der Waals surface area contributed by atoms with Gasteiger partial charge in [0.05, 0.1) is 27.2 Å². The lowest BCUT2D eigenvalue weighted by Gasteiger charge is -2.40. The molecule has 1 N–H and O–H groups in total. The van der Waals surface area contributed by atoms with Gasteiger partial charge < -0.3 is 10.2 Å². The van der Waals surface area contributed by atoms with Gasteiger partial charge in [-0.15, -0.1) is 0 Å². The number of hydrogen-bond donors (Lipinski definition) is 1. The molecule has 2 saturated heterocycles. The summed E-state index contributed by atoms with van der Waals surface area (Å²) in [5.41, 5.74) is 4.30. The zero-order chi connectivity index (χ0) is 31.9. The quantitative estimate of drug-likeness (QED) is 0.215. The lowest BCUT2D eigenvalue weighted by molar-refractivity contribution is 0.0881. The van der Waals surface area contributed by atoms with Crippen LogP contribution in [0.3, 0.4) is 0 Å². The fourth-order valence-electron chi connectivity index (χ4n) is 7.40. The van der Waals surface area contributed by atoms with Crippen molar-refractivity contribution in [3.05, 3.63) is 94.0 Å². The number of fused-ring (bicyclic) bond motifs is 1. The SMILES string of the molecule is CS(=O)(=O)c1ccc2nc(-c3cccc(Br)c3)c(CN3CCC(N4CCCCC4)CC3)c(C(=O)NC3(c4ccccc4)CC3)c2c1. The summed E-state index contributed by atoms with van der Waals surface area (Å²) in [5, 5.41) is 3.99. The summed E-state index contributed by atoms with van der Waals surface area (Å²) < 4.78 is 26.4. The third-order valence-corrected chi connectivity index (χ3v) is 11.7. The van der Waals surface area contributed by atoms with E-state index in [0.717, 1.165) is 65.6 Å². The first-order valence-corrected chi connectivity index (χ1v) is 19.2. The minimum atomic E-state index is -3.51. The zero-order valence-electron chi connectivity index (χ0n) is 26.3. The van der Waals surface area contributed by atoms with Gasteiger partial charge in [0.15, 0.2) is 9.84 Å². The molecule has 0 radical (unpaired) electrons. The van der Waals surface area contributed by atoms with Gasteiger partial charge in [0.2, 0.25) is 0 Å². The first-order chi connectivity index (χ1) is 22.2.